The van der Waals surface area contributed by atoms with Crippen molar-refractivity contribution in [2.24, 2.45) is 5.16 Å². The maximum Gasteiger partial charge on any atom is 0.269 e. The highest BCUT2D eigenvalue weighted by atomic mass is 16.6. The van der Waals surface area contributed by atoms with Crippen LogP contribution in [-0.2, 0) is 4.84 Å². The molecule has 0 bridgehead atoms. The normalized spacial score (nSPS) is 19.2. The van der Waals surface area contributed by atoms with Gasteiger partial charge < -0.3 is 4.84 Å². The summed E-state index contributed by atoms with van der Waals surface area (Å²) in [4.78, 5) is 15.4. The lowest BCUT2D eigenvalue weighted by atomic mass is 9.91. The van der Waals surface area contributed by atoms with Gasteiger partial charge in [0.2, 0.25) is 0 Å². The van der Waals surface area contributed by atoms with Crippen LogP contribution in [0.3, 0.4) is 0 Å². The Morgan fingerprint density at radius 2 is 2.00 bits per heavy atom. The van der Waals surface area contributed by atoms with Crippen LogP contribution in [0.5, 0.6) is 0 Å². The number of benzene rings is 1. The second-order valence-corrected chi connectivity index (χ2v) is 4.68. The van der Waals surface area contributed by atoms with Crippen LogP contribution in [0, 0.1) is 10.1 Å². The molecule has 2 rings (SSSR count). The van der Waals surface area contributed by atoms with Crippen molar-refractivity contribution in [2.45, 2.75) is 32.6 Å². The molecule has 0 saturated heterocycles. The molecule has 1 aromatic rings. The number of hydrogen-bond donors (Lipinski definition) is 0. The number of allylic oxidation sites excluding steroid dienone is 1. The van der Waals surface area contributed by atoms with E-state index in [1.807, 2.05) is 13.0 Å². The Morgan fingerprint density at radius 1 is 1.30 bits per heavy atom. The Kier molecular flexibility index (Phi) is 4.87. The first-order valence-electron chi connectivity index (χ1n) is 6.85. The van der Waals surface area contributed by atoms with Crippen molar-refractivity contribution in [1.82, 2.24) is 0 Å². The zero-order valence-corrected chi connectivity index (χ0v) is 11.5. The van der Waals surface area contributed by atoms with E-state index >= 15 is 0 Å². The standard InChI is InChI=1S/C15H18N2O3/c1-2-20-16-15-6-4-3-5-13(15)11-12-7-9-14(10-8-12)17(18)19/h7-11H,2-6H2,1H3. The van der Waals surface area contributed by atoms with Gasteiger partial charge in [-0.25, -0.2) is 0 Å². The Morgan fingerprint density at radius 3 is 2.65 bits per heavy atom. The molecule has 0 amide bonds. The number of oxime groups is 1. The van der Waals surface area contributed by atoms with Crippen molar-refractivity contribution in [2.75, 3.05) is 6.61 Å². The van der Waals surface area contributed by atoms with Gasteiger partial charge in [-0.05, 0) is 62.0 Å². The lowest BCUT2D eigenvalue weighted by Gasteiger charge is -2.16. The second-order valence-electron chi connectivity index (χ2n) is 4.68. The monoisotopic (exact) mass is 274 g/mol. The van der Waals surface area contributed by atoms with Crippen LogP contribution < -0.4 is 0 Å². The molecule has 0 unspecified atom stereocenters. The summed E-state index contributed by atoms with van der Waals surface area (Å²) in [6, 6.07) is 6.57. The highest BCUT2D eigenvalue weighted by Crippen LogP contribution is 2.24. The van der Waals surface area contributed by atoms with Crippen LogP contribution in [0.25, 0.3) is 6.08 Å². The summed E-state index contributed by atoms with van der Waals surface area (Å²) in [5.41, 5.74) is 3.23. The quantitative estimate of drug-likeness (QED) is 0.617. The molecule has 1 aliphatic carbocycles. The lowest BCUT2D eigenvalue weighted by molar-refractivity contribution is -0.384. The second kappa shape index (κ2) is 6.84. The molecule has 0 aromatic heterocycles. The SMILES string of the molecule is CCON=C1CCCCC1=Cc1ccc([N+](=O)[O-])cc1. The van der Waals surface area contributed by atoms with Gasteiger partial charge in [0.25, 0.3) is 5.69 Å². The lowest BCUT2D eigenvalue weighted by Crippen LogP contribution is -2.09. The average molecular weight is 274 g/mol. The molecule has 1 saturated carbocycles. The van der Waals surface area contributed by atoms with Crippen LogP contribution in [0.15, 0.2) is 35.0 Å². The van der Waals surface area contributed by atoms with Gasteiger partial charge in [0, 0.05) is 12.1 Å². The third kappa shape index (κ3) is 3.66. The third-order valence-electron chi connectivity index (χ3n) is 3.23. The van der Waals surface area contributed by atoms with E-state index in [4.69, 9.17) is 4.84 Å². The predicted octanol–water partition coefficient (Wildman–Crippen LogP) is 3.94. The van der Waals surface area contributed by atoms with Crippen LogP contribution in [0.2, 0.25) is 0 Å². The molecule has 20 heavy (non-hydrogen) atoms. The van der Waals surface area contributed by atoms with Gasteiger partial charge in [-0.15, -0.1) is 0 Å². The van der Waals surface area contributed by atoms with Crippen molar-refractivity contribution in [3.8, 4) is 0 Å². The first-order valence-corrected chi connectivity index (χ1v) is 6.85. The van der Waals surface area contributed by atoms with E-state index in [2.05, 4.69) is 5.16 Å². The summed E-state index contributed by atoms with van der Waals surface area (Å²) in [5, 5.41) is 14.8. The molecule has 106 valence electrons. The van der Waals surface area contributed by atoms with Gasteiger partial charge >= 0.3 is 0 Å². The minimum absolute atomic E-state index is 0.110. The van der Waals surface area contributed by atoms with Crippen LogP contribution in [0.4, 0.5) is 5.69 Å². The molecule has 5 nitrogen and oxygen atoms in total. The topological polar surface area (TPSA) is 64.7 Å². The van der Waals surface area contributed by atoms with E-state index in [1.54, 1.807) is 12.1 Å². The Labute approximate surface area is 118 Å². The van der Waals surface area contributed by atoms with Crippen LogP contribution in [-0.4, -0.2) is 17.2 Å². The number of nitrogens with zero attached hydrogens (tertiary/aromatic N) is 2. The number of hydrogen-bond acceptors (Lipinski definition) is 4. The molecule has 0 aliphatic heterocycles. The fourth-order valence-corrected chi connectivity index (χ4v) is 2.21. The highest BCUT2D eigenvalue weighted by molar-refractivity contribution is 6.04. The molecule has 0 N–H and O–H groups in total. The van der Waals surface area contributed by atoms with Gasteiger partial charge in [0.15, 0.2) is 0 Å². The third-order valence-corrected chi connectivity index (χ3v) is 3.23. The fourth-order valence-electron chi connectivity index (χ4n) is 2.21. The average Bonchev–Trinajstić information content (AvgIpc) is 2.47. The smallest absolute Gasteiger partial charge is 0.269 e. The number of rotatable bonds is 4. The zero-order valence-electron chi connectivity index (χ0n) is 11.5. The summed E-state index contributed by atoms with van der Waals surface area (Å²) in [5.74, 6) is 0. The van der Waals surface area contributed by atoms with Crippen LogP contribution >= 0.6 is 0 Å². The van der Waals surface area contributed by atoms with Crippen molar-refractivity contribution < 1.29 is 9.76 Å². The first-order chi connectivity index (χ1) is 9.70. The maximum absolute atomic E-state index is 10.6. The zero-order chi connectivity index (χ0) is 14.4. The first kappa shape index (κ1) is 14.2. The van der Waals surface area contributed by atoms with E-state index in [9.17, 15) is 10.1 Å². The maximum atomic E-state index is 10.6. The van der Waals surface area contributed by atoms with Crippen LogP contribution in [0.1, 0.15) is 38.2 Å². The van der Waals surface area contributed by atoms with Gasteiger partial charge in [-0.1, -0.05) is 5.16 Å². The Bertz CT molecular complexity index is 533. The summed E-state index contributed by atoms with van der Waals surface area (Å²) < 4.78 is 0. The van der Waals surface area contributed by atoms with Gasteiger partial charge in [0.1, 0.15) is 6.61 Å². The molecule has 0 radical (unpaired) electrons. The molecule has 0 spiro atoms. The summed E-state index contributed by atoms with van der Waals surface area (Å²) >= 11 is 0. The van der Waals surface area contributed by atoms with E-state index < -0.39 is 0 Å². The number of non-ortho nitro benzene ring substituents is 1. The van der Waals surface area contributed by atoms with Crippen molar-refractivity contribution in [1.29, 1.82) is 0 Å². The van der Waals surface area contributed by atoms with E-state index in [-0.39, 0.29) is 10.6 Å². The summed E-state index contributed by atoms with van der Waals surface area (Å²) in [6.07, 6.45) is 6.22. The van der Waals surface area contributed by atoms with Crippen molar-refractivity contribution >= 4 is 17.5 Å². The molecular weight excluding hydrogens is 256 g/mol. The molecule has 1 aliphatic rings. The van der Waals surface area contributed by atoms with E-state index in [1.165, 1.54) is 17.7 Å². The molecule has 5 heteroatoms. The minimum Gasteiger partial charge on any atom is -0.396 e. The molecule has 0 heterocycles. The molecule has 1 fully saturated rings. The summed E-state index contributed by atoms with van der Waals surface area (Å²) in [6.45, 7) is 2.47. The van der Waals surface area contributed by atoms with Gasteiger partial charge in [-0.2, -0.15) is 0 Å². The molecular formula is C15H18N2O3. The van der Waals surface area contributed by atoms with Crippen molar-refractivity contribution in [3.63, 3.8) is 0 Å². The minimum atomic E-state index is -0.389. The number of nitro groups is 1. The Hall–Kier alpha value is -2.17. The van der Waals surface area contributed by atoms with Gasteiger partial charge in [0.05, 0.1) is 10.6 Å². The molecule has 1 aromatic carbocycles. The number of nitro benzene ring substituents is 1. The largest absolute Gasteiger partial charge is 0.396 e. The molecule has 0 atom stereocenters. The Balaban J connectivity index is 2.20. The highest BCUT2D eigenvalue weighted by Gasteiger charge is 2.14. The van der Waals surface area contributed by atoms with E-state index in [0.717, 1.165) is 37.0 Å². The fraction of sp³-hybridized carbons (Fsp3) is 0.400. The van der Waals surface area contributed by atoms with Gasteiger partial charge in [-0.3, -0.25) is 10.1 Å². The predicted molar refractivity (Wildman–Crippen MR) is 78.6 cm³/mol. The van der Waals surface area contributed by atoms with E-state index in [0.29, 0.717) is 6.61 Å². The van der Waals surface area contributed by atoms with Crippen molar-refractivity contribution in [3.05, 3.63) is 45.5 Å². The summed E-state index contributed by atoms with van der Waals surface area (Å²) in [7, 11) is 0.